The zero-order chi connectivity index (χ0) is 20.7. The second-order valence-electron chi connectivity index (χ2n) is 7.40. The number of nitrogen functional groups attached to an aromatic ring is 1. The molecule has 0 aliphatic carbocycles. The molecule has 4 aromatic rings. The molecule has 3 N–H and O–H groups in total. The average molecular weight is 419 g/mol. The van der Waals surface area contributed by atoms with Gasteiger partial charge < -0.3 is 20.7 Å². The summed E-state index contributed by atoms with van der Waals surface area (Å²) in [6.45, 7) is 5.00. The summed E-state index contributed by atoms with van der Waals surface area (Å²) in [5, 5.41) is 4.91. The lowest BCUT2D eigenvalue weighted by atomic mass is 10.1. The fraction of sp³-hybridized carbons (Fsp3) is 0.217. The molecule has 0 radical (unpaired) electrons. The lowest BCUT2D eigenvalue weighted by Crippen LogP contribution is -2.36. The zero-order valence-electron chi connectivity index (χ0n) is 16.6. The van der Waals surface area contributed by atoms with E-state index in [0.717, 1.165) is 51.1 Å². The van der Waals surface area contributed by atoms with E-state index in [1.54, 1.807) is 0 Å². The van der Waals surface area contributed by atoms with Crippen molar-refractivity contribution in [2.24, 2.45) is 0 Å². The predicted octanol–water partition coefficient (Wildman–Crippen LogP) is 4.43. The van der Waals surface area contributed by atoms with Crippen LogP contribution < -0.4 is 16.0 Å². The van der Waals surface area contributed by atoms with Crippen LogP contribution in [0.25, 0.3) is 21.1 Å². The molecule has 7 heteroatoms. The fourth-order valence-corrected chi connectivity index (χ4v) is 4.85. The van der Waals surface area contributed by atoms with Gasteiger partial charge in [-0.15, -0.1) is 11.3 Å². The molecule has 1 aliphatic rings. The number of morpholine rings is 1. The number of rotatable bonds is 3. The number of ether oxygens (including phenoxy) is 1. The van der Waals surface area contributed by atoms with Gasteiger partial charge in [0.25, 0.3) is 5.91 Å². The van der Waals surface area contributed by atoms with Gasteiger partial charge in [0.2, 0.25) is 0 Å². The van der Waals surface area contributed by atoms with Gasteiger partial charge in [0.05, 0.1) is 35.8 Å². The Labute approximate surface area is 178 Å². The molecule has 3 heterocycles. The number of carbonyl (C=O) groups excluding carboxylic acids is 1. The quantitative estimate of drug-likeness (QED) is 0.514. The smallest absolute Gasteiger partial charge is 0.268 e. The van der Waals surface area contributed by atoms with Crippen LogP contribution in [0.5, 0.6) is 0 Å². The SMILES string of the molecule is Cc1cccc2cc3c(N)c(C(=O)Nc4ccccc4N4CCOCC4)sc3nc12. The number of aromatic nitrogens is 1. The Bertz CT molecular complexity index is 1260. The number of aryl methyl sites for hydroxylation is 1. The van der Waals surface area contributed by atoms with Crippen LogP contribution in [0.4, 0.5) is 17.1 Å². The molecule has 152 valence electrons. The molecular formula is C23H22N4O2S. The summed E-state index contributed by atoms with van der Waals surface area (Å²) in [5.41, 5.74) is 10.7. The van der Waals surface area contributed by atoms with E-state index in [1.165, 1.54) is 11.3 Å². The third-order valence-corrected chi connectivity index (χ3v) is 6.57. The third-order valence-electron chi connectivity index (χ3n) is 5.46. The van der Waals surface area contributed by atoms with Crippen LogP contribution in [0.2, 0.25) is 0 Å². The highest BCUT2D eigenvalue weighted by atomic mass is 32.1. The third kappa shape index (κ3) is 3.26. The van der Waals surface area contributed by atoms with E-state index in [9.17, 15) is 4.79 Å². The van der Waals surface area contributed by atoms with Gasteiger partial charge in [-0.25, -0.2) is 4.98 Å². The van der Waals surface area contributed by atoms with Crippen molar-refractivity contribution in [2.45, 2.75) is 6.92 Å². The van der Waals surface area contributed by atoms with Crippen molar-refractivity contribution in [2.75, 3.05) is 42.3 Å². The topological polar surface area (TPSA) is 80.5 Å². The van der Waals surface area contributed by atoms with Crippen molar-refractivity contribution in [1.82, 2.24) is 4.98 Å². The minimum atomic E-state index is -0.211. The number of para-hydroxylation sites is 3. The number of nitrogens with two attached hydrogens (primary N) is 1. The Kier molecular flexibility index (Phi) is 4.77. The lowest BCUT2D eigenvalue weighted by molar-refractivity contribution is 0.103. The van der Waals surface area contributed by atoms with Crippen molar-refractivity contribution < 1.29 is 9.53 Å². The second kappa shape index (κ2) is 7.59. The Hall–Kier alpha value is -3.16. The van der Waals surface area contributed by atoms with E-state index >= 15 is 0 Å². The Morgan fingerprint density at radius 3 is 2.80 bits per heavy atom. The number of amides is 1. The van der Waals surface area contributed by atoms with E-state index < -0.39 is 0 Å². The van der Waals surface area contributed by atoms with Crippen molar-refractivity contribution in [3.05, 3.63) is 59.0 Å². The number of hydrogen-bond acceptors (Lipinski definition) is 6. The number of carbonyl (C=O) groups is 1. The summed E-state index contributed by atoms with van der Waals surface area (Å²) < 4.78 is 5.45. The summed E-state index contributed by atoms with van der Waals surface area (Å²) in [4.78, 5) is 21.4. The molecule has 1 aliphatic heterocycles. The van der Waals surface area contributed by atoms with Gasteiger partial charge in [-0.2, -0.15) is 0 Å². The van der Waals surface area contributed by atoms with Crippen molar-refractivity contribution >= 4 is 55.4 Å². The first-order chi connectivity index (χ1) is 14.6. The van der Waals surface area contributed by atoms with Gasteiger partial charge in [-0.3, -0.25) is 4.79 Å². The number of anilines is 3. The maximum absolute atomic E-state index is 13.1. The molecule has 6 nitrogen and oxygen atoms in total. The molecule has 1 amide bonds. The normalized spacial score (nSPS) is 14.4. The van der Waals surface area contributed by atoms with Gasteiger partial charge in [0, 0.05) is 23.9 Å². The lowest BCUT2D eigenvalue weighted by Gasteiger charge is -2.30. The zero-order valence-corrected chi connectivity index (χ0v) is 17.5. The van der Waals surface area contributed by atoms with E-state index in [1.807, 2.05) is 55.5 Å². The number of hydrogen-bond donors (Lipinski definition) is 2. The number of benzene rings is 2. The fourth-order valence-electron chi connectivity index (χ4n) is 3.88. The van der Waals surface area contributed by atoms with Crippen molar-refractivity contribution in [3.8, 4) is 0 Å². The Morgan fingerprint density at radius 2 is 1.97 bits per heavy atom. The molecule has 1 fully saturated rings. The molecule has 0 atom stereocenters. The predicted molar refractivity (Wildman–Crippen MR) is 124 cm³/mol. The van der Waals surface area contributed by atoms with E-state index in [4.69, 9.17) is 15.5 Å². The van der Waals surface area contributed by atoms with Gasteiger partial charge in [-0.1, -0.05) is 30.3 Å². The molecule has 0 unspecified atom stereocenters. The van der Waals surface area contributed by atoms with Crippen LogP contribution in [0, 0.1) is 6.92 Å². The Balaban J connectivity index is 1.51. The molecule has 2 aromatic heterocycles. The van der Waals surface area contributed by atoms with Gasteiger partial charge >= 0.3 is 0 Å². The van der Waals surface area contributed by atoms with Crippen LogP contribution in [-0.2, 0) is 4.74 Å². The molecule has 30 heavy (non-hydrogen) atoms. The molecular weight excluding hydrogens is 396 g/mol. The maximum Gasteiger partial charge on any atom is 0.268 e. The first-order valence-electron chi connectivity index (χ1n) is 9.93. The van der Waals surface area contributed by atoms with Crippen LogP contribution in [0.1, 0.15) is 15.2 Å². The van der Waals surface area contributed by atoms with Crippen LogP contribution in [0.3, 0.4) is 0 Å². The van der Waals surface area contributed by atoms with Crippen LogP contribution >= 0.6 is 11.3 Å². The minimum Gasteiger partial charge on any atom is -0.397 e. The maximum atomic E-state index is 13.1. The number of pyridine rings is 1. The van der Waals surface area contributed by atoms with Crippen molar-refractivity contribution in [1.29, 1.82) is 0 Å². The Morgan fingerprint density at radius 1 is 1.17 bits per heavy atom. The minimum absolute atomic E-state index is 0.211. The molecule has 1 saturated heterocycles. The first kappa shape index (κ1) is 18.8. The molecule has 5 rings (SSSR count). The largest absolute Gasteiger partial charge is 0.397 e. The molecule has 0 saturated carbocycles. The number of fused-ring (bicyclic) bond motifs is 2. The molecule has 0 bridgehead atoms. The number of nitrogens with one attached hydrogen (secondary N) is 1. The molecule has 0 spiro atoms. The van der Waals surface area contributed by atoms with Crippen LogP contribution in [0.15, 0.2) is 48.5 Å². The molecule has 2 aromatic carbocycles. The highest BCUT2D eigenvalue weighted by Gasteiger charge is 2.21. The summed E-state index contributed by atoms with van der Waals surface area (Å²) in [5.74, 6) is -0.211. The standard InChI is InChI=1S/C23H22N4O2S/c1-14-5-4-6-15-13-16-19(24)21(30-23(16)26-20(14)15)22(28)25-17-7-2-3-8-18(17)27-9-11-29-12-10-27/h2-8,13H,9-12,24H2,1H3,(H,25,28). The van der Waals surface area contributed by atoms with E-state index in [2.05, 4.69) is 10.2 Å². The van der Waals surface area contributed by atoms with Crippen LogP contribution in [-0.4, -0.2) is 37.2 Å². The summed E-state index contributed by atoms with van der Waals surface area (Å²) in [7, 11) is 0. The van der Waals surface area contributed by atoms with E-state index in [0.29, 0.717) is 23.8 Å². The highest BCUT2D eigenvalue weighted by Crippen LogP contribution is 2.36. The summed E-state index contributed by atoms with van der Waals surface area (Å²) in [6.07, 6.45) is 0. The summed E-state index contributed by atoms with van der Waals surface area (Å²) >= 11 is 1.33. The van der Waals surface area contributed by atoms with E-state index in [-0.39, 0.29) is 5.91 Å². The first-order valence-corrected chi connectivity index (χ1v) is 10.7. The van der Waals surface area contributed by atoms with Gasteiger partial charge in [0.1, 0.15) is 9.71 Å². The van der Waals surface area contributed by atoms with Gasteiger partial charge in [-0.05, 0) is 30.7 Å². The highest BCUT2D eigenvalue weighted by molar-refractivity contribution is 7.21. The number of thiophene rings is 1. The number of nitrogens with zero attached hydrogens (tertiary/aromatic N) is 2. The monoisotopic (exact) mass is 418 g/mol. The second-order valence-corrected chi connectivity index (χ2v) is 8.40. The van der Waals surface area contributed by atoms with Crippen molar-refractivity contribution in [3.63, 3.8) is 0 Å². The average Bonchev–Trinajstić information content (AvgIpc) is 3.10. The van der Waals surface area contributed by atoms with Gasteiger partial charge in [0.15, 0.2) is 0 Å². The summed E-state index contributed by atoms with van der Waals surface area (Å²) in [6, 6.07) is 15.9.